The van der Waals surface area contributed by atoms with Gasteiger partial charge in [0, 0.05) is 25.5 Å². The largest absolute Gasteiger partial charge is 0.384 e. The van der Waals surface area contributed by atoms with Gasteiger partial charge in [0.25, 0.3) is 0 Å². The second kappa shape index (κ2) is 7.36. The molecule has 1 aliphatic carbocycles. The average molecular weight is 345 g/mol. The van der Waals surface area contributed by atoms with Gasteiger partial charge in [-0.3, -0.25) is 4.90 Å². The zero-order valence-corrected chi connectivity index (χ0v) is 14.8. The third kappa shape index (κ3) is 3.66. The van der Waals surface area contributed by atoms with Gasteiger partial charge in [-0.25, -0.2) is 9.97 Å². The molecule has 1 atom stereocenters. The summed E-state index contributed by atoms with van der Waals surface area (Å²) in [4.78, 5) is 11.0. The minimum absolute atomic E-state index is 0.567. The Hall–Kier alpha value is -2.56. The molecule has 4 nitrogen and oxygen atoms in total. The summed E-state index contributed by atoms with van der Waals surface area (Å²) in [6, 6.07) is 20.4. The molecule has 0 fully saturated rings. The maximum Gasteiger partial charge on any atom is 0.142 e. The van der Waals surface area contributed by atoms with Crippen LogP contribution in [-0.2, 0) is 25.1 Å². The number of rotatable bonds is 6. The Bertz CT molecular complexity index is 812. The number of fused-ring (bicyclic) bond motifs is 1. The second-order valence-corrected chi connectivity index (χ2v) is 6.98. The number of nitrogens with zero attached hydrogens (tertiary/aromatic N) is 3. The van der Waals surface area contributed by atoms with Gasteiger partial charge in [-0.05, 0) is 35.6 Å². The van der Waals surface area contributed by atoms with Crippen LogP contribution < -0.4 is 0 Å². The van der Waals surface area contributed by atoms with E-state index in [1.165, 1.54) is 11.1 Å². The van der Waals surface area contributed by atoms with E-state index in [2.05, 4.69) is 39.1 Å². The number of hydrogen-bond donors (Lipinski definition) is 1. The van der Waals surface area contributed by atoms with E-state index in [0.29, 0.717) is 13.1 Å². The Morgan fingerprint density at radius 1 is 0.885 bits per heavy atom. The molecule has 3 aromatic rings. The van der Waals surface area contributed by atoms with E-state index in [9.17, 15) is 5.11 Å². The minimum Gasteiger partial charge on any atom is -0.384 e. The van der Waals surface area contributed by atoms with Gasteiger partial charge in [0.15, 0.2) is 0 Å². The number of aromatic nitrogens is 2. The maximum absolute atomic E-state index is 11.4. The van der Waals surface area contributed by atoms with Crippen molar-refractivity contribution >= 4 is 0 Å². The van der Waals surface area contributed by atoms with E-state index < -0.39 is 5.60 Å². The van der Waals surface area contributed by atoms with Crippen molar-refractivity contribution in [3.8, 4) is 0 Å². The van der Waals surface area contributed by atoms with E-state index in [4.69, 9.17) is 0 Å². The molecule has 4 heteroatoms. The first-order valence-corrected chi connectivity index (χ1v) is 9.06. The third-order valence-corrected chi connectivity index (χ3v) is 5.05. The number of hydrogen-bond acceptors (Lipinski definition) is 4. The molecule has 26 heavy (non-hydrogen) atoms. The van der Waals surface area contributed by atoms with Crippen molar-refractivity contribution in [1.82, 2.24) is 14.9 Å². The van der Waals surface area contributed by atoms with Crippen molar-refractivity contribution in [2.24, 2.45) is 0 Å². The number of benzene rings is 2. The molecule has 0 saturated heterocycles. The molecule has 1 aliphatic rings. The van der Waals surface area contributed by atoms with Crippen molar-refractivity contribution in [2.75, 3.05) is 6.54 Å². The first-order valence-electron chi connectivity index (χ1n) is 9.06. The fraction of sp³-hybridized carbons (Fsp3) is 0.273. The molecule has 0 bridgehead atoms. The summed E-state index contributed by atoms with van der Waals surface area (Å²) in [5.74, 6) is 0.776. The molecule has 0 unspecified atom stereocenters. The van der Waals surface area contributed by atoms with E-state index in [0.717, 1.165) is 30.8 Å². The van der Waals surface area contributed by atoms with Gasteiger partial charge in [0.1, 0.15) is 11.4 Å². The highest BCUT2D eigenvalue weighted by Crippen LogP contribution is 2.37. The normalized spacial score (nSPS) is 18.8. The summed E-state index contributed by atoms with van der Waals surface area (Å²) in [5, 5.41) is 11.4. The first-order chi connectivity index (χ1) is 12.7. The molecule has 0 spiro atoms. The van der Waals surface area contributed by atoms with E-state index in [-0.39, 0.29) is 0 Å². The Kier molecular flexibility index (Phi) is 4.78. The Morgan fingerprint density at radius 2 is 1.62 bits per heavy atom. The van der Waals surface area contributed by atoms with Crippen LogP contribution in [0.5, 0.6) is 0 Å². The predicted octanol–water partition coefficient (Wildman–Crippen LogP) is 3.31. The van der Waals surface area contributed by atoms with Crippen LogP contribution in [0.4, 0.5) is 0 Å². The van der Waals surface area contributed by atoms with Crippen LogP contribution in [0.3, 0.4) is 0 Å². The lowest BCUT2D eigenvalue weighted by atomic mass is 9.95. The fourth-order valence-electron chi connectivity index (χ4n) is 3.82. The summed E-state index contributed by atoms with van der Waals surface area (Å²) in [7, 11) is 0. The Labute approximate surface area is 154 Å². The smallest absolute Gasteiger partial charge is 0.142 e. The number of aliphatic hydroxyl groups is 1. The molecule has 0 amide bonds. The van der Waals surface area contributed by atoms with Crippen molar-refractivity contribution < 1.29 is 5.11 Å². The molecule has 4 rings (SSSR count). The van der Waals surface area contributed by atoms with Gasteiger partial charge in [0.2, 0.25) is 0 Å². The molecule has 0 radical (unpaired) electrons. The summed E-state index contributed by atoms with van der Waals surface area (Å²) in [6.45, 7) is 1.93. The monoisotopic (exact) mass is 345 g/mol. The third-order valence-electron chi connectivity index (χ3n) is 5.05. The van der Waals surface area contributed by atoms with Crippen molar-refractivity contribution in [1.29, 1.82) is 0 Å². The lowest BCUT2D eigenvalue weighted by Crippen LogP contribution is -2.39. The van der Waals surface area contributed by atoms with E-state index in [1.54, 1.807) is 12.4 Å². The lowest BCUT2D eigenvalue weighted by Gasteiger charge is -2.32. The second-order valence-electron chi connectivity index (χ2n) is 6.98. The van der Waals surface area contributed by atoms with Crippen molar-refractivity contribution in [2.45, 2.75) is 31.5 Å². The quantitative estimate of drug-likeness (QED) is 0.745. The Morgan fingerprint density at radius 3 is 2.42 bits per heavy atom. The van der Waals surface area contributed by atoms with Crippen LogP contribution in [0.25, 0.3) is 0 Å². The van der Waals surface area contributed by atoms with Crippen LogP contribution in [0.1, 0.15) is 28.9 Å². The average Bonchev–Trinajstić information content (AvgIpc) is 3.00. The first kappa shape index (κ1) is 16.9. The zero-order chi connectivity index (χ0) is 17.8. The van der Waals surface area contributed by atoms with Crippen LogP contribution in [0.15, 0.2) is 73.1 Å². The summed E-state index contributed by atoms with van der Waals surface area (Å²) < 4.78 is 0. The summed E-state index contributed by atoms with van der Waals surface area (Å²) >= 11 is 0. The molecule has 1 aromatic heterocycles. The predicted molar refractivity (Wildman–Crippen MR) is 101 cm³/mol. The van der Waals surface area contributed by atoms with E-state index in [1.807, 2.05) is 36.4 Å². The van der Waals surface area contributed by atoms with Gasteiger partial charge >= 0.3 is 0 Å². The van der Waals surface area contributed by atoms with Gasteiger partial charge in [-0.15, -0.1) is 0 Å². The van der Waals surface area contributed by atoms with Crippen molar-refractivity contribution in [3.05, 3.63) is 95.6 Å². The van der Waals surface area contributed by atoms with Crippen LogP contribution in [0, 0.1) is 0 Å². The van der Waals surface area contributed by atoms with Crippen LogP contribution >= 0.6 is 0 Å². The highest BCUT2D eigenvalue weighted by molar-refractivity contribution is 5.37. The fourth-order valence-corrected chi connectivity index (χ4v) is 3.82. The zero-order valence-electron chi connectivity index (χ0n) is 14.8. The van der Waals surface area contributed by atoms with Crippen LogP contribution in [-0.4, -0.2) is 26.5 Å². The van der Waals surface area contributed by atoms with Crippen LogP contribution in [0.2, 0.25) is 0 Å². The highest BCUT2D eigenvalue weighted by atomic mass is 16.3. The minimum atomic E-state index is -0.819. The van der Waals surface area contributed by atoms with Gasteiger partial charge in [-0.2, -0.15) is 0 Å². The standard InChI is InChI=1S/C22H23N3O/c26-22(12-11-19-9-4-5-10-20(19)22)17-25(15-18-7-2-1-3-8-18)16-21-23-13-6-14-24-21/h1-10,13-14,26H,11-12,15-17H2/t22-/m1/s1. The molecular formula is C22H23N3O. The molecule has 0 aliphatic heterocycles. The van der Waals surface area contributed by atoms with Gasteiger partial charge in [-0.1, -0.05) is 54.6 Å². The highest BCUT2D eigenvalue weighted by Gasteiger charge is 2.38. The van der Waals surface area contributed by atoms with Gasteiger partial charge in [0.05, 0.1) is 6.54 Å². The molecule has 1 heterocycles. The molecule has 1 N–H and O–H groups in total. The van der Waals surface area contributed by atoms with Crippen molar-refractivity contribution in [3.63, 3.8) is 0 Å². The summed E-state index contributed by atoms with van der Waals surface area (Å²) in [5.41, 5.74) is 2.72. The lowest BCUT2D eigenvalue weighted by molar-refractivity contribution is -0.00495. The topological polar surface area (TPSA) is 49.2 Å². The molecule has 0 saturated carbocycles. The van der Waals surface area contributed by atoms with E-state index >= 15 is 0 Å². The molecular weight excluding hydrogens is 322 g/mol. The molecule has 2 aromatic carbocycles. The summed E-state index contributed by atoms with van der Waals surface area (Å²) in [6.07, 6.45) is 5.21. The maximum atomic E-state index is 11.4. The van der Waals surface area contributed by atoms with Gasteiger partial charge < -0.3 is 5.11 Å². The number of aryl methyl sites for hydroxylation is 1. The molecule has 132 valence electrons. The Balaban J connectivity index is 1.58. The SMILES string of the molecule is O[C@@]1(CN(Cc2ccccc2)Cc2ncccn2)CCc2ccccc21.